The molecule has 0 saturated carbocycles. The molecule has 0 radical (unpaired) electrons. The second kappa shape index (κ2) is 11.0. The van der Waals surface area contributed by atoms with Crippen LogP contribution in [0.15, 0.2) is 41.6 Å². The van der Waals surface area contributed by atoms with E-state index in [4.69, 9.17) is 14.2 Å². The number of aryl methyl sites for hydroxylation is 1. The standard InChI is InChI=1S/C26H34N4O4/c1-28-17-22(20-6-7-27-16-21(20)26(28)31)19-14-24(33-3)23(25(15-19)34-4)18-30-11-9-29(10-12-30)8-5-13-32-2/h6-7,14-17H,5,8-13,18H2,1-4H3. The Bertz CT molecular complexity index is 1160. The monoisotopic (exact) mass is 466 g/mol. The molecule has 8 nitrogen and oxygen atoms in total. The van der Waals surface area contributed by atoms with Crippen molar-refractivity contribution >= 4 is 10.8 Å². The van der Waals surface area contributed by atoms with Crippen LogP contribution < -0.4 is 15.0 Å². The number of rotatable bonds is 9. The summed E-state index contributed by atoms with van der Waals surface area (Å²) in [6, 6.07) is 5.96. The Balaban J connectivity index is 1.61. The number of methoxy groups -OCH3 is 3. The van der Waals surface area contributed by atoms with E-state index in [1.807, 2.05) is 24.4 Å². The number of piperazine rings is 1. The molecule has 0 N–H and O–H groups in total. The first-order valence-electron chi connectivity index (χ1n) is 11.7. The van der Waals surface area contributed by atoms with Crippen molar-refractivity contribution in [1.82, 2.24) is 19.4 Å². The van der Waals surface area contributed by atoms with Gasteiger partial charge in [-0.2, -0.15) is 0 Å². The van der Waals surface area contributed by atoms with Crippen LogP contribution >= 0.6 is 0 Å². The first kappa shape index (κ1) is 24.2. The summed E-state index contributed by atoms with van der Waals surface area (Å²) in [4.78, 5) is 21.7. The van der Waals surface area contributed by atoms with Gasteiger partial charge in [0.2, 0.25) is 0 Å². The maximum absolute atomic E-state index is 12.6. The highest BCUT2D eigenvalue weighted by atomic mass is 16.5. The molecule has 0 unspecified atom stereocenters. The van der Waals surface area contributed by atoms with Gasteiger partial charge in [-0.15, -0.1) is 0 Å². The Labute approximate surface area is 200 Å². The second-order valence-corrected chi connectivity index (χ2v) is 8.70. The molecule has 0 spiro atoms. The number of pyridine rings is 2. The van der Waals surface area contributed by atoms with E-state index >= 15 is 0 Å². The number of hydrogen-bond donors (Lipinski definition) is 0. The molecule has 3 heterocycles. The molecule has 1 aliphatic heterocycles. The zero-order valence-electron chi connectivity index (χ0n) is 20.5. The lowest BCUT2D eigenvalue weighted by Crippen LogP contribution is -2.46. The molecule has 4 rings (SSSR count). The lowest BCUT2D eigenvalue weighted by Gasteiger charge is -2.35. The van der Waals surface area contributed by atoms with E-state index in [-0.39, 0.29) is 5.56 Å². The molecule has 1 aliphatic rings. The maximum Gasteiger partial charge on any atom is 0.259 e. The van der Waals surface area contributed by atoms with Gasteiger partial charge in [-0.05, 0) is 35.6 Å². The summed E-state index contributed by atoms with van der Waals surface area (Å²) in [5.74, 6) is 1.57. The lowest BCUT2D eigenvalue weighted by atomic mass is 9.99. The van der Waals surface area contributed by atoms with E-state index in [9.17, 15) is 4.79 Å². The lowest BCUT2D eigenvalue weighted by molar-refractivity contribution is 0.112. The molecule has 2 aromatic heterocycles. The van der Waals surface area contributed by atoms with Crippen LogP contribution in [-0.4, -0.2) is 80.0 Å². The first-order chi connectivity index (χ1) is 16.5. The van der Waals surface area contributed by atoms with Crippen molar-refractivity contribution in [1.29, 1.82) is 0 Å². The van der Waals surface area contributed by atoms with Crippen LogP contribution in [0.4, 0.5) is 0 Å². The molecule has 34 heavy (non-hydrogen) atoms. The van der Waals surface area contributed by atoms with E-state index in [0.29, 0.717) is 5.39 Å². The topological polar surface area (TPSA) is 69.1 Å². The van der Waals surface area contributed by atoms with Crippen LogP contribution in [-0.2, 0) is 18.3 Å². The molecular formula is C26H34N4O4. The van der Waals surface area contributed by atoms with Gasteiger partial charge in [0.25, 0.3) is 5.56 Å². The summed E-state index contributed by atoms with van der Waals surface area (Å²) < 4.78 is 18.4. The Morgan fingerprint density at radius 1 is 0.971 bits per heavy atom. The molecule has 0 bridgehead atoms. The molecule has 0 amide bonds. The minimum atomic E-state index is -0.0660. The highest BCUT2D eigenvalue weighted by molar-refractivity contribution is 5.95. The minimum Gasteiger partial charge on any atom is -0.496 e. The molecule has 8 heteroatoms. The van der Waals surface area contributed by atoms with Gasteiger partial charge in [0.15, 0.2) is 0 Å². The molecule has 1 aromatic carbocycles. The minimum absolute atomic E-state index is 0.0660. The van der Waals surface area contributed by atoms with Crippen LogP contribution in [0.1, 0.15) is 12.0 Å². The first-order valence-corrected chi connectivity index (χ1v) is 11.7. The molecule has 182 valence electrons. The van der Waals surface area contributed by atoms with Crippen LogP contribution in [0.25, 0.3) is 21.9 Å². The van der Waals surface area contributed by atoms with Gasteiger partial charge in [0.1, 0.15) is 11.5 Å². The third-order valence-electron chi connectivity index (χ3n) is 6.57. The van der Waals surface area contributed by atoms with Crippen molar-refractivity contribution in [2.45, 2.75) is 13.0 Å². The summed E-state index contributed by atoms with van der Waals surface area (Å²) in [5, 5.41) is 1.45. The Morgan fingerprint density at radius 2 is 1.65 bits per heavy atom. The zero-order valence-corrected chi connectivity index (χ0v) is 20.5. The largest absolute Gasteiger partial charge is 0.496 e. The average molecular weight is 467 g/mol. The highest BCUT2D eigenvalue weighted by Crippen LogP contribution is 2.37. The fourth-order valence-electron chi connectivity index (χ4n) is 4.66. The van der Waals surface area contributed by atoms with Crippen LogP contribution in [0.2, 0.25) is 0 Å². The summed E-state index contributed by atoms with van der Waals surface area (Å²) in [5.41, 5.74) is 2.85. The molecule has 0 aliphatic carbocycles. The zero-order chi connectivity index (χ0) is 24.1. The summed E-state index contributed by atoms with van der Waals surface area (Å²) >= 11 is 0. The van der Waals surface area contributed by atoms with E-state index in [1.165, 1.54) is 0 Å². The second-order valence-electron chi connectivity index (χ2n) is 8.70. The number of aromatic nitrogens is 2. The number of ether oxygens (including phenoxy) is 3. The van der Waals surface area contributed by atoms with E-state index < -0.39 is 0 Å². The normalized spacial score (nSPS) is 15.1. The van der Waals surface area contributed by atoms with Gasteiger partial charge in [0, 0.05) is 84.2 Å². The Hall–Kier alpha value is -2.94. The smallest absolute Gasteiger partial charge is 0.259 e. The van der Waals surface area contributed by atoms with Crippen LogP contribution in [0.5, 0.6) is 11.5 Å². The van der Waals surface area contributed by atoms with Crippen molar-refractivity contribution < 1.29 is 14.2 Å². The Morgan fingerprint density at radius 3 is 2.29 bits per heavy atom. The van der Waals surface area contributed by atoms with Crippen molar-refractivity contribution in [3.05, 3.63) is 52.7 Å². The third-order valence-corrected chi connectivity index (χ3v) is 6.57. The molecule has 0 atom stereocenters. The van der Waals surface area contributed by atoms with E-state index in [2.05, 4.69) is 14.8 Å². The fourth-order valence-corrected chi connectivity index (χ4v) is 4.66. The molecular weight excluding hydrogens is 432 g/mol. The highest BCUT2D eigenvalue weighted by Gasteiger charge is 2.22. The number of fused-ring (bicyclic) bond motifs is 1. The van der Waals surface area contributed by atoms with Gasteiger partial charge >= 0.3 is 0 Å². The van der Waals surface area contributed by atoms with Crippen molar-refractivity contribution in [2.75, 3.05) is 60.7 Å². The Kier molecular flexibility index (Phi) is 7.82. The average Bonchev–Trinajstić information content (AvgIpc) is 2.87. The fraction of sp³-hybridized carbons (Fsp3) is 0.462. The van der Waals surface area contributed by atoms with Crippen molar-refractivity contribution in [2.24, 2.45) is 7.05 Å². The van der Waals surface area contributed by atoms with Gasteiger partial charge in [-0.25, -0.2) is 0 Å². The van der Waals surface area contributed by atoms with Gasteiger partial charge < -0.3 is 23.7 Å². The quantitative estimate of drug-likeness (QED) is 0.449. The predicted molar refractivity (Wildman–Crippen MR) is 134 cm³/mol. The molecule has 1 fully saturated rings. The van der Waals surface area contributed by atoms with Crippen LogP contribution in [0, 0.1) is 0 Å². The summed E-state index contributed by atoms with van der Waals surface area (Å²) in [6.45, 7) is 6.73. The third kappa shape index (κ3) is 5.09. The maximum atomic E-state index is 12.6. The van der Waals surface area contributed by atoms with Crippen LogP contribution in [0.3, 0.4) is 0 Å². The van der Waals surface area contributed by atoms with Crippen molar-refractivity contribution in [3.8, 4) is 22.6 Å². The van der Waals surface area contributed by atoms with E-state index in [1.54, 1.807) is 45.3 Å². The van der Waals surface area contributed by atoms with Gasteiger partial charge in [-0.3, -0.25) is 14.7 Å². The van der Waals surface area contributed by atoms with E-state index in [0.717, 1.165) is 85.9 Å². The summed E-state index contributed by atoms with van der Waals surface area (Å²) in [7, 11) is 6.90. The number of nitrogens with zero attached hydrogens (tertiary/aromatic N) is 4. The number of hydrogen-bond acceptors (Lipinski definition) is 7. The predicted octanol–water partition coefficient (Wildman–Crippen LogP) is 2.77. The number of benzene rings is 1. The van der Waals surface area contributed by atoms with Crippen molar-refractivity contribution in [3.63, 3.8) is 0 Å². The molecule has 3 aromatic rings. The summed E-state index contributed by atoms with van der Waals surface area (Å²) in [6.07, 6.45) is 6.26. The van der Waals surface area contributed by atoms with Gasteiger partial charge in [0.05, 0.1) is 25.2 Å². The molecule has 1 saturated heterocycles. The van der Waals surface area contributed by atoms with Gasteiger partial charge in [-0.1, -0.05) is 0 Å². The SMILES string of the molecule is COCCCN1CCN(Cc2c(OC)cc(-c3cn(C)c(=O)c4cnccc34)cc2OC)CC1.